The number of hydrogen-bond donors (Lipinski definition) is 0. The predicted molar refractivity (Wildman–Crippen MR) is 334 cm³/mol. The van der Waals surface area contributed by atoms with Crippen molar-refractivity contribution in [1.82, 2.24) is 0 Å². The number of benzene rings is 2. The Hall–Kier alpha value is -2.60. The summed E-state index contributed by atoms with van der Waals surface area (Å²) in [4.78, 5) is 50.2. The summed E-state index contributed by atoms with van der Waals surface area (Å²) in [6.45, 7) is 8.38. The van der Waals surface area contributed by atoms with Gasteiger partial charge in [0.1, 0.15) is 20.2 Å². The van der Waals surface area contributed by atoms with Crippen molar-refractivity contribution in [2.24, 2.45) is 0 Å². The van der Waals surface area contributed by atoms with E-state index in [9.17, 15) is 45.1 Å². The van der Waals surface area contributed by atoms with Crippen LogP contribution in [0.1, 0.15) is 339 Å². The SMILES string of the molecule is CCCCCCCCCCCCCCCCCCCCCOC(=O)c1ccccc1C(=O)OC(CCC)S(=O)(=O)[O-].CCCCCCCCCCCCCCCCCCCCCOC(=O)c1ccccc1C(=O)OC(CCC)S(=O)(=O)[O-].[Ca+2]. The summed E-state index contributed by atoms with van der Waals surface area (Å²) in [6.07, 6.45) is 49.4. The van der Waals surface area contributed by atoms with Crippen LogP contribution >= 0.6 is 0 Å². The maximum Gasteiger partial charge on any atom is 2.00 e. The van der Waals surface area contributed by atoms with Gasteiger partial charge in [-0.15, -0.1) is 0 Å². The molecule has 0 radical (unpaired) electrons. The van der Waals surface area contributed by atoms with Gasteiger partial charge in [-0.25, -0.2) is 36.0 Å². The molecule has 0 aliphatic carbocycles. The molecule has 83 heavy (non-hydrogen) atoms. The van der Waals surface area contributed by atoms with E-state index in [1.807, 2.05) is 0 Å². The number of hydrogen-bond acceptors (Lipinski definition) is 14. The molecular weight excluding hydrogens is 1120 g/mol. The molecule has 2 atom stereocenters. The van der Waals surface area contributed by atoms with Gasteiger partial charge in [-0.3, -0.25) is 0 Å². The fourth-order valence-corrected chi connectivity index (χ4v) is 11.3. The Bertz CT molecular complexity index is 2020. The molecule has 0 saturated heterocycles. The van der Waals surface area contributed by atoms with Gasteiger partial charge >= 0.3 is 61.6 Å². The first kappa shape index (κ1) is 80.4. The minimum atomic E-state index is -4.81. The van der Waals surface area contributed by atoms with Gasteiger partial charge in [0.25, 0.3) is 0 Å². The third kappa shape index (κ3) is 42.8. The number of carbonyl (C=O) groups is 4. The molecule has 0 heterocycles. The number of esters is 4. The van der Waals surface area contributed by atoms with Crippen molar-refractivity contribution in [3.8, 4) is 0 Å². The fourth-order valence-electron chi connectivity index (χ4n) is 9.89. The van der Waals surface area contributed by atoms with Crippen LogP contribution in [0.4, 0.5) is 0 Å². The van der Waals surface area contributed by atoms with Crippen LogP contribution in [-0.2, 0) is 39.2 Å². The molecule has 0 saturated carbocycles. The molecule has 0 aromatic heterocycles. The molecule has 0 amide bonds. The molecule has 2 aromatic rings. The van der Waals surface area contributed by atoms with E-state index < -0.39 is 55.0 Å². The first-order valence-electron chi connectivity index (χ1n) is 32.5. The predicted octanol–water partition coefficient (Wildman–Crippen LogP) is 17.8. The summed E-state index contributed by atoms with van der Waals surface area (Å²) in [5, 5.41) is 0. The zero-order chi connectivity index (χ0) is 60.4. The average Bonchev–Trinajstić information content (AvgIpc) is 3.58. The van der Waals surface area contributed by atoms with Crippen LogP contribution in [0.5, 0.6) is 0 Å². The zero-order valence-corrected chi connectivity index (χ0v) is 56.0. The van der Waals surface area contributed by atoms with Crippen molar-refractivity contribution in [3.63, 3.8) is 0 Å². The van der Waals surface area contributed by atoms with Crippen LogP contribution in [0.2, 0.25) is 0 Å². The Morgan fingerprint density at radius 3 is 0.711 bits per heavy atom. The van der Waals surface area contributed by atoms with Gasteiger partial charge < -0.3 is 28.1 Å². The Kier molecular flexibility index (Phi) is 51.9. The molecule has 17 heteroatoms. The van der Waals surface area contributed by atoms with E-state index in [0.717, 1.165) is 38.5 Å². The van der Waals surface area contributed by atoms with E-state index in [-0.39, 0.29) is 86.0 Å². The largest absolute Gasteiger partial charge is 2.00 e. The quantitative estimate of drug-likeness (QED) is 0.0198. The Morgan fingerprint density at radius 1 is 0.325 bits per heavy atom. The van der Waals surface area contributed by atoms with Crippen LogP contribution in [-0.4, -0.2) is 112 Å². The smallest absolute Gasteiger partial charge is 0.745 e. The van der Waals surface area contributed by atoms with E-state index in [1.54, 1.807) is 26.0 Å². The number of unbranched alkanes of at least 4 members (excludes halogenated alkanes) is 36. The van der Waals surface area contributed by atoms with Crippen LogP contribution in [0.15, 0.2) is 48.5 Å². The number of ether oxygens (including phenoxy) is 4. The molecule has 472 valence electrons. The second kappa shape index (κ2) is 53.6. The molecule has 0 bridgehead atoms. The van der Waals surface area contributed by atoms with Crippen molar-refractivity contribution in [2.45, 2.75) is 308 Å². The van der Waals surface area contributed by atoms with Crippen molar-refractivity contribution in [2.75, 3.05) is 13.2 Å². The summed E-state index contributed by atoms with van der Waals surface area (Å²) >= 11 is 0. The van der Waals surface area contributed by atoms with E-state index in [1.165, 1.54) is 242 Å². The molecule has 0 aliphatic rings. The number of carbonyl (C=O) groups excluding carboxylic acids is 4. The van der Waals surface area contributed by atoms with Crippen molar-refractivity contribution in [3.05, 3.63) is 70.8 Å². The Morgan fingerprint density at radius 2 is 0.518 bits per heavy atom. The van der Waals surface area contributed by atoms with Crippen LogP contribution < -0.4 is 0 Å². The molecule has 2 unspecified atom stereocenters. The topological polar surface area (TPSA) is 220 Å². The van der Waals surface area contributed by atoms with Crippen LogP contribution in [0.25, 0.3) is 0 Å². The third-order valence-corrected chi connectivity index (χ3v) is 16.8. The van der Waals surface area contributed by atoms with Gasteiger partial charge in [0, 0.05) is 0 Å². The Labute approximate surface area is 534 Å². The summed E-state index contributed by atoms with van der Waals surface area (Å²) in [5.41, 5.74) is -3.81. The van der Waals surface area contributed by atoms with Crippen molar-refractivity contribution < 1.29 is 64.1 Å². The second-order valence-electron chi connectivity index (χ2n) is 22.3. The molecular formula is C66H110CaO14S2. The first-order chi connectivity index (χ1) is 39.6. The fraction of sp³-hybridized carbons (Fsp3) is 0.758. The summed E-state index contributed by atoms with van der Waals surface area (Å²) in [7, 11) is -9.63. The summed E-state index contributed by atoms with van der Waals surface area (Å²) in [5.74, 6) is -3.40. The molecule has 0 aliphatic heterocycles. The third-order valence-electron chi connectivity index (χ3n) is 14.9. The summed E-state index contributed by atoms with van der Waals surface area (Å²) < 4.78 is 88.9. The van der Waals surface area contributed by atoms with Gasteiger partial charge in [0.15, 0.2) is 10.9 Å². The minimum Gasteiger partial charge on any atom is -0.745 e. The molecule has 14 nitrogen and oxygen atoms in total. The monoisotopic (exact) mass is 1230 g/mol. The van der Waals surface area contributed by atoms with Crippen LogP contribution in [0, 0.1) is 0 Å². The molecule has 2 aromatic carbocycles. The molecule has 2 rings (SSSR count). The molecule has 0 fully saturated rings. The van der Waals surface area contributed by atoms with Gasteiger partial charge in [-0.2, -0.15) is 0 Å². The normalized spacial score (nSPS) is 12.1. The molecule has 0 N–H and O–H groups in total. The minimum absolute atomic E-state index is 0. The van der Waals surface area contributed by atoms with E-state index >= 15 is 0 Å². The molecule has 0 spiro atoms. The van der Waals surface area contributed by atoms with E-state index in [4.69, 9.17) is 18.9 Å². The first-order valence-corrected chi connectivity index (χ1v) is 35.4. The van der Waals surface area contributed by atoms with Crippen LogP contribution in [0.3, 0.4) is 0 Å². The standard InChI is InChI=1S/2C33H56O7S.Ca/c2*1-3-5-6-7-8-9-10-11-12-13-14-15-16-17-18-19-20-21-24-28-39-32(34)29-26-22-23-27-30(29)33(35)40-31(25-4-2)41(36,37)38;/h2*22-23,26-27,31H,3-21,24-25,28H2,1-2H3,(H,36,37,38);/q;;+2/p-2. The maximum atomic E-state index is 12.6. The van der Waals surface area contributed by atoms with Gasteiger partial charge in [-0.1, -0.05) is 296 Å². The average molecular weight is 1230 g/mol. The second-order valence-corrected chi connectivity index (χ2v) is 25.3. The maximum absolute atomic E-state index is 12.6. The van der Waals surface area contributed by atoms with E-state index in [2.05, 4.69) is 13.8 Å². The van der Waals surface area contributed by atoms with E-state index in [0.29, 0.717) is 12.8 Å². The van der Waals surface area contributed by atoms with Gasteiger partial charge in [0.05, 0.1) is 35.5 Å². The Balaban J connectivity index is 0.00000160. The van der Waals surface area contributed by atoms with Gasteiger partial charge in [0.2, 0.25) is 0 Å². The zero-order valence-electron chi connectivity index (χ0n) is 52.1. The number of rotatable bonds is 52. The van der Waals surface area contributed by atoms with Gasteiger partial charge in [-0.05, 0) is 49.9 Å². The summed E-state index contributed by atoms with van der Waals surface area (Å²) in [6, 6.07) is 11.8. The van der Waals surface area contributed by atoms with Crippen molar-refractivity contribution in [1.29, 1.82) is 0 Å². The van der Waals surface area contributed by atoms with Crippen molar-refractivity contribution >= 4 is 81.9 Å².